The third kappa shape index (κ3) is 2.29. The molecule has 0 spiro atoms. The molecule has 5 heteroatoms. The molecule has 4 aliphatic rings. The molecule has 0 aromatic rings. The lowest BCUT2D eigenvalue weighted by atomic mass is 9.47. The highest BCUT2D eigenvalue weighted by atomic mass is 16.4. The van der Waals surface area contributed by atoms with Crippen molar-refractivity contribution >= 4 is 11.5 Å². The maximum Gasteiger partial charge on any atom is 0.159 e. The van der Waals surface area contributed by atoms with Crippen molar-refractivity contribution in [3.05, 3.63) is 11.6 Å². The Labute approximate surface area is 155 Å². The summed E-state index contributed by atoms with van der Waals surface area (Å²) < 4.78 is 0. The van der Waals surface area contributed by atoms with Crippen LogP contribution in [-0.4, -0.2) is 39.1 Å². The van der Waals surface area contributed by atoms with Crippen LogP contribution in [0.2, 0.25) is 0 Å². The van der Waals surface area contributed by atoms with Crippen LogP contribution in [0.1, 0.15) is 59.3 Å². The van der Waals surface area contributed by atoms with Crippen molar-refractivity contribution in [1.82, 2.24) is 0 Å². The van der Waals surface area contributed by atoms with Crippen molar-refractivity contribution in [2.45, 2.75) is 71.5 Å². The lowest BCUT2D eigenvalue weighted by Crippen LogP contribution is -2.55. The first-order valence-electron chi connectivity index (χ1n) is 10.0. The molecule has 3 N–H and O–H groups in total. The second kappa shape index (κ2) is 5.90. The average molecular weight is 361 g/mol. The Morgan fingerprint density at radius 1 is 1.08 bits per heavy atom. The van der Waals surface area contributed by atoms with E-state index in [9.17, 15) is 20.2 Å². The molecule has 0 heterocycles. The van der Waals surface area contributed by atoms with Crippen LogP contribution in [0.3, 0.4) is 0 Å². The van der Waals surface area contributed by atoms with Crippen molar-refractivity contribution in [3.8, 4) is 0 Å². The van der Waals surface area contributed by atoms with Crippen LogP contribution in [0, 0.1) is 34.5 Å². The molecule has 0 aliphatic heterocycles. The molecular formula is C21H31NO4. The molecule has 0 amide bonds. The van der Waals surface area contributed by atoms with Gasteiger partial charge in [-0.15, -0.1) is 0 Å². The molecule has 0 aromatic carbocycles. The SMILES string of the molecule is C/C(=N/O)C1CCC2C3=CC(=O)C4CC(O)C(O)CC4(C)C3CCC21C. The fourth-order valence-corrected chi connectivity index (χ4v) is 7.15. The molecular weight excluding hydrogens is 330 g/mol. The summed E-state index contributed by atoms with van der Waals surface area (Å²) in [6.07, 6.45) is 5.29. The van der Waals surface area contributed by atoms with Gasteiger partial charge in [0.15, 0.2) is 5.78 Å². The summed E-state index contributed by atoms with van der Waals surface area (Å²) in [5.74, 6) is 0.852. The summed E-state index contributed by atoms with van der Waals surface area (Å²) in [5, 5.41) is 33.2. The van der Waals surface area contributed by atoms with Crippen LogP contribution in [0.4, 0.5) is 0 Å². The van der Waals surface area contributed by atoms with Gasteiger partial charge >= 0.3 is 0 Å². The zero-order valence-electron chi connectivity index (χ0n) is 16.0. The first-order valence-corrected chi connectivity index (χ1v) is 10.0. The monoisotopic (exact) mass is 361 g/mol. The quantitative estimate of drug-likeness (QED) is 0.380. The Hall–Kier alpha value is -1.20. The largest absolute Gasteiger partial charge is 0.411 e. The fourth-order valence-electron chi connectivity index (χ4n) is 7.15. The molecule has 8 unspecified atom stereocenters. The van der Waals surface area contributed by atoms with Gasteiger partial charge in [0, 0.05) is 11.8 Å². The highest BCUT2D eigenvalue weighted by molar-refractivity contribution is 5.94. The number of carbonyl (C=O) groups is 1. The summed E-state index contributed by atoms with van der Waals surface area (Å²) in [5.41, 5.74) is 1.84. The predicted octanol–water partition coefficient (Wildman–Crippen LogP) is 2.93. The van der Waals surface area contributed by atoms with Crippen LogP contribution in [-0.2, 0) is 4.79 Å². The zero-order chi connectivity index (χ0) is 18.9. The van der Waals surface area contributed by atoms with Crippen LogP contribution < -0.4 is 0 Å². The van der Waals surface area contributed by atoms with Crippen molar-refractivity contribution in [2.75, 3.05) is 0 Å². The van der Waals surface area contributed by atoms with Crippen molar-refractivity contribution in [1.29, 1.82) is 0 Å². The number of aliphatic hydroxyl groups is 2. The summed E-state index contributed by atoms with van der Waals surface area (Å²) >= 11 is 0. The summed E-state index contributed by atoms with van der Waals surface area (Å²) in [6, 6.07) is 0. The van der Waals surface area contributed by atoms with Gasteiger partial charge < -0.3 is 15.4 Å². The standard InChI is InChI=1S/C21H31NO4/c1-11(22-26)13-4-5-14-12-8-17(23)16-9-18(24)19(25)10-21(16,3)15(12)6-7-20(13,14)2/h8,13-16,18-19,24-26H,4-7,9-10H2,1-3H3/b22-11-. The number of hydrogen-bond acceptors (Lipinski definition) is 5. The van der Waals surface area contributed by atoms with Gasteiger partial charge in [0.05, 0.1) is 17.9 Å². The van der Waals surface area contributed by atoms with Gasteiger partial charge in [0.1, 0.15) is 0 Å². The number of rotatable bonds is 1. The molecule has 0 aromatic heterocycles. The third-order valence-corrected chi connectivity index (χ3v) is 8.59. The number of hydrogen-bond donors (Lipinski definition) is 3. The smallest absolute Gasteiger partial charge is 0.159 e. The van der Waals surface area contributed by atoms with Crippen molar-refractivity contribution in [2.24, 2.45) is 39.7 Å². The Balaban J connectivity index is 1.73. The van der Waals surface area contributed by atoms with Crippen LogP contribution in [0.25, 0.3) is 0 Å². The number of carbonyl (C=O) groups excluding carboxylic acids is 1. The number of aliphatic hydroxyl groups excluding tert-OH is 2. The molecule has 5 nitrogen and oxygen atoms in total. The number of ketones is 1. The maximum atomic E-state index is 13.0. The number of oxime groups is 1. The molecule has 0 saturated heterocycles. The van der Waals surface area contributed by atoms with E-state index in [2.05, 4.69) is 19.0 Å². The number of fused-ring (bicyclic) bond motifs is 5. The molecule has 144 valence electrons. The van der Waals surface area contributed by atoms with Crippen molar-refractivity contribution in [3.63, 3.8) is 0 Å². The maximum absolute atomic E-state index is 13.0. The minimum absolute atomic E-state index is 0.0366. The first-order chi connectivity index (χ1) is 12.2. The molecule has 8 atom stereocenters. The molecule has 4 aliphatic carbocycles. The van der Waals surface area contributed by atoms with E-state index < -0.39 is 12.2 Å². The molecule has 4 rings (SSSR count). The van der Waals surface area contributed by atoms with Crippen LogP contribution in [0.15, 0.2) is 16.8 Å². The molecule has 3 saturated carbocycles. The minimum Gasteiger partial charge on any atom is -0.411 e. The van der Waals surface area contributed by atoms with E-state index in [0.29, 0.717) is 24.7 Å². The summed E-state index contributed by atoms with van der Waals surface area (Å²) in [4.78, 5) is 13.0. The Bertz CT molecular complexity index is 685. The molecule has 0 bridgehead atoms. The third-order valence-electron chi connectivity index (χ3n) is 8.59. The predicted molar refractivity (Wildman–Crippen MR) is 97.9 cm³/mol. The second-order valence-electron chi connectivity index (χ2n) is 9.70. The van der Waals surface area contributed by atoms with Gasteiger partial charge in [-0.3, -0.25) is 4.79 Å². The lowest BCUT2D eigenvalue weighted by molar-refractivity contribution is -0.142. The van der Waals surface area contributed by atoms with Gasteiger partial charge in [-0.2, -0.15) is 0 Å². The van der Waals surface area contributed by atoms with Gasteiger partial charge in [-0.25, -0.2) is 0 Å². The van der Waals surface area contributed by atoms with E-state index in [1.54, 1.807) is 0 Å². The second-order valence-corrected chi connectivity index (χ2v) is 9.70. The topological polar surface area (TPSA) is 90.1 Å². The van der Waals surface area contributed by atoms with E-state index in [0.717, 1.165) is 31.4 Å². The normalized spacial score (nSPS) is 51.3. The van der Waals surface area contributed by atoms with E-state index in [1.807, 2.05) is 13.0 Å². The van der Waals surface area contributed by atoms with Crippen LogP contribution >= 0.6 is 0 Å². The summed E-state index contributed by atoms with van der Waals surface area (Å²) in [7, 11) is 0. The minimum atomic E-state index is -0.792. The molecule has 0 radical (unpaired) electrons. The molecule has 3 fully saturated rings. The zero-order valence-corrected chi connectivity index (χ0v) is 16.0. The van der Waals surface area contributed by atoms with Crippen molar-refractivity contribution < 1.29 is 20.2 Å². The lowest BCUT2D eigenvalue weighted by Gasteiger charge is -2.57. The van der Waals surface area contributed by atoms with E-state index in [4.69, 9.17) is 0 Å². The average Bonchev–Trinajstić information content (AvgIpc) is 2.94. The Kier molecular flexibility index (Phi) is 4.12. The summed E-state index contributed by atoms with van der Waals surface area (Å²) in [6.45, 7) is 6.35. The Morgan fingerprint density at radius 2 is 1.77 bits per heavy atom. The van der Waals surface area contributed by atoms with Gasteiger partial charge in [0.2, 0.25) is 0 Å². The van der Waals surface area contributed by atoms with Gasteiger partial charge in [-0.05, 0) is 74.2 Å². The number of allylic oxidation sites excluding steroid dienone is 2. The van der Waals surface area contributed by atoms with Gasteiger partial charge in [-0.1, -0.05) is 24.6 Å². The molecule has 26 heavy (non-hydrogen) atoms. The van der Waals surface area contributed by atoms with E-state index in [1.165, 1.54) is 5.57 Å². The van der Waals surface area contributed by atoms with Gasteiger partial charge in [0.25, 0.3) is 0 Å². The number of nitrogens with zero attached hydrogens (tertiary/aromatic N) is 1. The highest BCUT2D eigenvalue weighted by Crippen LogP contribution is 2.65. The fraction of sp³-hybridized carbons (Fsp3) is 0.810. The van der Waals surface area contributed by atoms with E-state index >= 15 is 0 Å². The first kappa shape index (κ1) is 18.2. The Morgan fingerprint density at radius 3 is 2.46 bits per heavy atom. The van der Waals surface area contributed by atoms with E-state index in [-0.39, 0.29) is 28.4 Å². The highest BCUT2D eigenvalue weighted by Gasteiger charge is 2.60. The van der Waals surface area contributed by atoms with Crippen LogP contribution in [0.5, 0.6) is 0 Å².